The number of pyridine rings is 1. The zero-order valence-corrected chi connectivity index (χ0v) is 12.3. The average Bonchev–Trinajstić information content (AvgIpc) is 2.80. The van der Waals surface area contributed by atoms with Crippen LogP contribution in [0.4, 0.5) is 0 Å². The lowest BCUT2D eigenvalue weighted by molar-refractivity contribution is 0.401. The van der Waals surface area contributed by atoms with E-state index in [9.17, 15) is 0 Å². The summed E-state index contributed by atoms with van der Waals surface area (Å²) in [7, 11) is 0. The van der Waals surface area contributed by atoms with E-state index in [1.54, 1.807) is 6.26 Å². The van der Waals surface area contributed by atoms with Crippen molar-refractivity contribution in [3.05, 3.63) is 52.7 Å². The molecule has 2 atom stereocenters. The van der Waals surface area contributed by atoms with E-state index in [0.29, 0.717) is 0 Å². The number of nitrogens with one attached hydrogen (secondary N) is 1. The second-order valence-electron chi connectivity index (χ2n) is 5.21. The Bertz CT molecular complexity index is 523. The number of hydrogen-bond donors (Lipinski definition) is 1. The fraction of sp³-hybridized carbons (Fsp3) is 0.438. The third-order valence-electron chi connectivity index (χ3n) is 3.49. The average molecular weight is 258 g/mol. The number of aromatic nitrogens is 1. The van der Waals surface area contributed by atoms with Crippen molar-refractivity contribution in [1.82, 2.24) is 10.3 Å². The van der Waals surface area contributed by atoms with Crippen LogP contribution >= 0.6 is 0 Å². The van der Waals surface area contributed by atoms with Crippen LogP contribution in [0.3, 0.4) is 0 Å². The normalized spacial score (nSPS) is 14.4. The summed E-state index contributed by atoms with van der Waals surface area (Å²) in [4.78, 5) is 4.56. The number of nitrogens with zero attached hydrogens (tertiary/aromatic N) is 1. The predicted molar refractivity (Wildman–Crippen MR) is 77.1 cm³/mol. The van der Waals surface area contributed by atoms with Crippen LogP contribution < -0.4 is 5.32 Å². The van der Waals surface area contributed by atoms with Crippen LogP contribution in [0.2, 0.25) is 0 Å². The Hall–Kier alpha value is -1.61. The van der Waals surface area contributed by atoms with Crippen molar-refractivity contribution >= 4 is 0 Å². The molecule has 1 unspecified atom stereocenters. The van der Waals surface area contributed by atoms with Gasteiger partial charge in [0.1, 0.15) is 5.76 Å². The molecule has 2 heterocycles. The van der Waals surface area contributed by atoms with Crippen molar-refractivity contribution in [2.24, 2.45) is 0 Å². The highest BCUT2D eigenvalue weighted by molar-refractivity contribution is 5.33. The molecule has 0 amide bonds. The standard InChI is InChI=1S/C16H22N2O/c1-10-9-11(2)17-13(4)16(10)14(5)18-12(3)15-7-6-8-19-15/h6-9,12,14,18H,1-5H3/t12-,14?/m0/s1. The lowest BCUT2D eigenvalue weighted by Gasteiger charge is -2.22. The number of rotatable bonds is 4. The van der Waals surface area contributed by atoms with E-state index in [1.165, 1.54) is 11.1 Å². The van der Waals surface area contributed by atoms with Crippen molar-refractivity contribution in [3.8, 4) is 0 Å². The molecule has 0 aliphatic heterocycles. The monoisotopic (exact) mass is 258 g/mol. The maximum absolute atomic E-state index is 5.43. The smallest absolute Gasteiger partial charge is 0.120 e. The first-order valence-corrected chi connectivity index (χ1v) is 6.73. The fourth-order valence-corrected chi connectivity index (χ4v) is 2.77. The van der Waals surface area contributed by atoms with Gasteiger partial charge in [-0.25, -0.2) is 0 Å². The van der Waals surface area contributed by atoms with Crippen LogP contribution in [-0.4, -0.2) is 4.98 Å². The molecule has 0 radical (unpaired) electrons. The van der Waals surface area contributed by atoms with E-state index in [4.69, 9.17) is 4.42 Å². The van der Waals surface area contributed by atoms with E-state index >= 15 is 0 Å². The maximum atomic E-state index is 5.43. The van der Waals surface area contributed by atoms with Gasteiger partial charge in [-0.15, -0.1) is 0 Å². The van der Waals surface area contributed by atoms with Gasteiger partial charge in [0.15, 0.2) is 0 Å². The molecule has 0 spiro atoms. The van der Waals surface area contributed by atoms with Crippen LogP contribution in [0.25, 0.3) is 0 Å². The van der Waals surface area contributed by atoms with Gasteiger partial charge in [0.05, 0.1) is 12.3 Å². The van der Waals surface area contributed by atoms with E-state index in [-0.39, 0.29) is 12.1 Å². The molecule has 0 saturated carbocycles. The van der Waals surface area contributed by atoms with Gasteiger partial charge in [-0.3, -0.25) is 4.98 Å². The molecule has 2 aromatic rings. The molecular formula is C16H22N2O. The molecule has 102 valence electrons. The van der Waals surface area contributed by atoms with Gasteiger partial charge in [0.25, 0.3) is 0 Å². The molecule has 0 aliphatic rings. The third kappa shape index (κ3) is 3.04. The van der Waals surface area contributed by atoms with Gasteiger partial charge in [0.2, 0.25) is 0 Å². The lowest BCUT2D eigenvalue weighted by Crippen LogP contribution is -2.24. The highest BCUT2D eigenvalue weighted by Gasteiger charge is 2.17. The van der Waals surface area contributed by atoms with Crippen molar-refractivity contribution in [2.75, 3.05) is 0 Å². The predicted octanol–water partition coefficient (Wildman–Crippen LogP) is 4.01. The van der Waals surface area contributed by atoms with Gasteiger partial charge in [-0.2, -0.15) is 0 Å². The largest absolute Gasteiger partial charge is 0.468 e. The first kappa shape index (κ1) is 13.8. The van der Waals surface area contributed by atoms with Gasteiger partial charge in [-0.05, 0) is 63.9 Å². The second-order valence-corrected chi connectivity index (χ2v) is 5.21. The Morgan fingerprint density at radius 3 is 2.47 bits per heavy atom. The Morgan fingerprint density at radius 1 is 1.16 bits per heavy atom. The Kier molecular flexibility index (Phi) is 4.05. The van der Waals surface area contributed by atoms with Crippen molar-refractivity contribution in [2.45, 2.75) is 46.7 Å². The molecule has 3 nitrogen and oxygen atoms in total. The van der Waals surface area contributed by atoms with E-state index < -0.39 is 0 Å². The molecule has 2 aromatic heterocycles. The van der Waals surface area contributed by atoms with Gasteiger partial charge >= 0.3 is 0 Å². The van der Waals surface area contributed by atoms with Gasteiger partial charge < -0.3 is 9.73 Å². The van der Waals surface area contributed by atoms with E-state index in [0.717, 1.165) is 17.1 Å². The molecule has 0 fully saturated rings. The summed E-state index contributed by atoms with van der Waals surface area (Å²) in [6.07, 6.45) is 1.71. The minimum Gasteiger partial charge on any atom is -0.468 e. The van der Waals surface area contributed by atoms with E-state index in [1.807, 2.05) is 19.1 Å². The summed E-state index contributed by atoms with van der Waals surface area (Å²) in [5.74, 6) is 0.960. The molecule has 2 rings (SSSR count). The fourth-order valence-electron chi connectivity index (χ4n) is 2.77. The summed E-state index contributed by atoms with van der Waals surface area (Å²) in [6, 6.07) is 6.48. The molecule has 0 bridgehead atoms. The SMILES string of the molecule is Cc1cc(C)c(C(C)N[C@@H](C)c2ccco2)c(C)n1. The Balaban J connectivity index is 2.18. The zero-order chi connectivity index (χ0) is 14.0. The van der Waals surface area contributed by atoms with Crippen molar-refractivity contribution in [3.63, 3.8) is 0 Å². The van der Waals surface area contributed by atoms with E-state index in [2.05, 4.69) is 44.1 Å². The molecule has 0 aromatic carbocycles. The third-order valence-corrected chi connectivity index (χ3v) is 3.49. The molecule has 19 heavy (non-hydrogen) atoms. The molecule has 0 saturated heterocycles. The summed E-state index contributed by atoms with van der Waals surface area (Å²) in [5, 5.41) is 3.57. The van der Waals surface area contributed by atoms with Crippen LogP contribution in [0.5, 0.6) is 0 Å². The Morgan fingerprint density at radius 2 is 1.89 bits per heavy atom. The summed E-state index contributed by atoms with van der Waals surface area (Å²) in [5.41, 5.74) is 4.75. The summed E-state index contributed by atoms with van der Waals surface area (Å²) in [6.45, 7) is 10.5. The minimum atomic E-state index is 0.185. The highest BCUT2D eigenvalue weighted by atomic mass is 16.3. The van der Waals surface area contributed by atoms with Crippen LogP contribution in [0, 0.1) is 20.8 Å². The summed E-state index contributed by atoms with van der Waals surface area (Å²) < 4.78 is 5.43. The number of aryl methyl sites for hydroxylation is 3. The second kappa shape index (κ2) is 5.57. The van der Waals surface area contributed by atoms with Crippen LogP contribution in [-0.2, 0) is 0 Å². The Labute approximate surface area is 115 Å². The van der Waals surface area contributed by atoms with Crippen molar-refractivity contribution < 1.29 is 4.42 Å². The topological polar surface area (TPSA) is 38.1 Å². The highest BCUT2D eigenvalue weighted by Crippen LogP contribution is 2.24. The quantitative estimate of drug-likeness (QED) is 0.900. The molecule has 0 aliphatic carbocycles. The molecule has 3 heteroatoms. The maximum Gasteiger partial charge on any atom is 0.120 e. The number of hydrogen-bond acceptors (Lipinski definition) is 3. The van der Waals surface area contributed by atoms with Crippen molar-refractivity contribution in [1.29, 1.82) is 0 Å². The zero-order valence-electron chi connectivity index (χ0n) is 12.3. The molecule has 1 N–H and O–H groups in total. The first-order chi connectivity index (χ1) is 8.99. The minimum absolute atomic E-state index is 0.185. The summed E-state index contributed by atoms with van der Waals surface area (Å²) >= 11 is 0. The molecular weight excluding hydrogens is 236 g/mol. The number of furan rings is 1. The van der Waals surface area contributed by atoms with Crippen LogP contribution in [0.1, 0.15) is 54.2 Å². The van der Waals surface area contributed by atoms with Gasteiger partial charge in [0, 0.05) is 17.4 Å². The van der Waals surface area contributed by atoms with Gasteiger partial charge in [-0.1, -0.05) is 0 Å². The first-order valence-electron chi connectivity index (χ1n) is 6.73. The van der Waals surface area contributed by atoms with Crippen LogP contribution in [0.15, 0.2) is 28.9 Å². The lowest BCUT2D eigenvalue weighted by atomic mass is 9.99.